The average Bonchev–Trinajstić information content (AvgIpc) is 2.92. The van der Waals surface area contributed by atoms with Crippen molar-refractivity contribution in [2.45, 2.75) is 33.1 Å². The van der Waals surface area contributed by atoms with Gasteiger partial charge in [-0.25, -0.2) is 4.98 Å². The summed E-state index contributed by atoms with van der Waals surface area (Å²) in [5.74, 6) is 1.64. The summed E-state index contributed by atoms with van der Waals surface area (Å²) in [5.41, 5.74) is 2.34. The number of hydrogen-bond acceptors (Lipinski definition) is 4. The third-order valence-corrected chi connectivity index (χ3v) is 4.10. The molecule has 1 aliphatic rings. The van der Waals surface area contributed by atoms with E-state index in [0.717, 1.165) is 27.8 Å². The number of aromatic nitrogens is 1. The van der Waals surface area contributed by atoms with Gasteiger partial charge < -0.3 is 9.47 Å². The molecule has 0 aliphatic carbocycles. The quantitative estimate of drug-likeness (QED) is 0.783. The van der Waals surface area contributed by atoms with E-state index in [1.165, 1.54) is 4.88 Å². The van der Waals surface area contributed by atoms with Crippen LogP contribution in [0.5, 0.6) is 11.5 Å². The van der Waals surface area contributed by atoms with Crippen molar-refractivity contribution in [3.05, 3.63) is 28.9 Å². The summed E-state index contributed by atoms with van der Waals surface area (Å²) in [7, 11) is 0. The van der Waals surface area contributed by atoms with Crippen LogP contribution >= 0.6 is 11.3 Å². The lowest BCUT2D eigenvalue weighted by atomic mass is 9.90. The molecule has 2 heterocycles. The van der Waals surface area contributed by atoms with Crippen LogP contribution < -0.4 is 9.47 Å². The Hall–Kier alpha value is -1.55. The molecule has 0 unspecified atom stereocenters. The van der Waals surface area contributed by atoms with Crippen LogP contribution in [0.3, 0.4) is 0 Å². The van der Waals surface area contributed by atoms with Crippen molar-refractivity contribution < 1.29 is 9.47 Å². The van der Waals surface area contributed by atoms with Crippen LogP contribution in [0.2, 0.25) is 0 Å². The highest BCUT2D eigenvalue weighted by Crippen LogP contribution is 2.41. The van der Waals surface area contributed by atoms with E-state index in [2.05, 4.69) is 33.8 Å². The summed E-state index contributed by atoms with van der Waals surface area (Å²) in [5, 5.41) is 1.09. The van der Waals surface area contributed by atoms with E-state index in [1.54, 1.807) is 11.3 Å². The van der Waals surface area contributed by atoms with Crippen molar-refractivity contribution in [1.82, 2.24) is 4.98 Å². The molecule has 0 N–H and O–H groups in total. The SMILES string of the molecule is Cc1nc(C(C)(C)C)c(-c2ccc3c(c2)OCO3)s1. The Balaban J connectivity index is 2.12. The van der Waals surface area contributed by atoms with Gasteiger partial charge in [0.25, 0.3) is 0 Å². The Labute approximate surface area is 117 Å². The lowest BCUT2D eigenvalue weighted by Crippen LogP contribution is -2.12. The topological polar surface area (TPSA) is 31.4 Å². The highest BCUT2D eigenvalue weighted by Gasteiger charge is 2.24. The molecular weight excluding hydrogens is 258 g/mol. The number of benzene rings is 1. The van der Waals surface area contributed by atoms with Crippen molar-refractivity contribution in [2.24, 2.45) is 0 Å². The maximum atomic E-state index is 5.45. The van der Waals surface area contributed by atoms with E-state index in [4.69, 9.17) is 14.5 Å². The fourth-order valence-corrected chi connectivity index (χ4v) is 3.29. The normalized spacial score (nSPS) is 13.9. The molecule has 0 saturated heterocycles. The predicted octanol–water partition coefficient (Wildman–Crippen LogP) is 4.14. The minimum atomic E-state index is 0.0382. The maximum absolute atomic E-state index is 5.45. The predicted molar refractivity (Wildman–Crippen MR) is 77.1 cm³/mol. The van der Waals surface area contributed by atoms with E-state index in [0.29, 0.717) is 6.79 Å². The van der Waals surface area contributed by atoms with Crippen LogP contribution in [0, 0.1) is 6.92 Å². The summed E-state index contributed by atoms with van der Waals surface area (Å²) < 4.78 is 10.8. The molecule has 3 rings (SSSR count). The van der Waals surface area contributed by atoms with Crippen molar-refractivity contribution >= 4 is 11.3 Å². The molecule has 1 aromatic carbocycles. The number of ether oxygens (including phenoxy) is 2. The lowest BCUT2D eigenvalue weighted by molar-refractivity contribution is 0.174. The largest absolute Gasteiger partial charge is 0.454 e. The number of fused-ring (bicyclic) bond motifs is 1. The second-order valence-electron chi connectivity index (χ2n) is 5.73. The standard InChI is InChI=1S/C15H17NO2S/c1-9-16-14(15(2,3)4)13(19-9)10-5-6-11-12(7-10)18-8-17-11/h5-7H,8H2,1-4H3. The first-order chi connectivity index (χ1) is 8.95. The molecule has 19 heavy (non-hydrogen) atoms. The first-order valence-electron chi connectivity index (χ1n) is 6.33. The minimum Gasteiger partial charge on any atom is -0.454 e. The van der Waals surface area contributed by atoms with Gasteiger partial charge in [0.2, 0.25) is 6.79 Å². The zero-order chi connectivity index (χ0) is 13.6. The van der Waals surface area contributed by atoms with E-state index in [9.17, 15) is 0 Å². The summed E-state index contributed by atoms with van der Waals surface area (Å²) in [6.07, 6.45) is 0. The van der Waals surface area contributed by atoms with Gasteiger partial charge in [0.1, 0.15) is 0 Å². The van der Waals surface area contributed by atoms with Crippen molar-refractivity contribution in [1.29, 1.82) is 0 Å². The zero-order valence-electron chi connectivity index (χ0n) is 11.6. The minimum absolute atomic E-state index is 0.0382. The molecule has 100 valence electrons. The van der Waals surface area contributed by atoms with Gasteiger partial charge in [0.15, 0.2) is 11.5 Å². The lowest BCUT2D eigenvalue weighted by Gasteiger charge is -2.17. The van der Waals surface area contributed by atoms with Gasteiger partial charge in [-0.15, -0.1) is 11.3 Å². The molecule has 0 spiro atoms. The van der Waals surface area contributed by atoms with Gasteiger partial charge in [-0.05, 0) is 30.7 Å². The first-order valence-corrected chi connectivity index (χ1v) is 7.15. The number of rotatable bonds is 1. The molecule has 1 aliphatic heterocycles. The molecule has 0 saturated carbocycles. The number of hydrogen-bond donors (Lipinski definition) is 0. The number of aryl methyl sites for hydroxylation is 1. The average molecular weight is 275 g/mol. The molecule has 0 radical (unpaired) electrons. The van der Waals surface area contributed by atoms with Crippen molar-refractivity contribution in [2.75, 3.05) is 6.79 Å². The molecule has 1 aromatic heterocycles. The third-order valence-electron chi connectivity index (χ3n) is 3.08. The van der Waals surface area contributed by atoms with Gasteiger partial charge in [0, 0.05) is 5.41 Å². The summed E-state index contributed by atoms with van der Waals surface area (Å²) in [4.78, 5) is 5.92. The fraction of sp³-hybridized carbons (Fsp3) is 0.400. The third kappa shape index (κ3) is 2.21. The molecule has 3 nitrogen and oxygen atoms in total. The van der Waals surface area contributed by atoms with E-state index < -0.39 is 0 Å². The molecular formula is C15H17NO2S. The van der Waals surface area contributed by atoms with E-state index in [1.807, 2.05) is 12.1 Å². The van der Waals surface area contributed by atoms with Gasteiger partial charge in [-0.3, -0.25) is 0 Å². The van der Waals surface area contributed by atoms with Gasteiger partial charge in [-0.2, -0.15) is 0 Å². The van der Waals surface area contributed by atoms with Crippen LogP contribution in [-0.4, -0.2) is 11.8 Å². The highest BCUT2D eigenvalue weighted by molar-refractivity contribution is 7.15. The molecule has 0 fully saturated rings. The summed E-state index contributed by atoms with van der Waals surface area (Å²) in [6.45, 7) is 8.94. The van der Waals surface area contributed by atoms with Crippen LogP contribution in [0.15, 0.2) is 18.2 Å². The van der Waals surface area contributed by atoms with Gasteiger partial charge >= 0.3 is 0 Å². The highest BCUT2D eigenvalue weighted by atomic mass is 32.1. The van der Waals surface area contributed by atoms with Crippen molar-refractivity contribution in [3.8, 4) is 21.9 Å². The number of thiazole rings is 1. The molecule has 0 atom stereocenters. The monoisotopic (exact) mass is 275 g/mol. The maximum Gasteiger partial charge on any atom is 0.231 e. The Kier molecular flexibility index (Phi) is 2.78. The molecule has 0 amide bonds. The van der Waals surface area contributed by atoms with Crippen LogP contribution in [0.25, 0.3) is 10.4 Å². The van der Waals surface area contributed by atoms with Gasteiger partial charge in [0.05, 0.1) is 15.6 Å². The Bertz CT molecular complexity index is 626. The molecule has 2 aromatic rings. The zero-order valence-corrected chi connectivity index (χ0v) is 12.4. The first kappa shape index (κ1) is 12.5. The summed E-state index contributed by atoms with van der Waals surface area (Å²) in [6, 6.07) is 6.10. The van der Waals surface area contributed by atoms with Crippen LogP contribution in [0.4, 0.5) is 0 Å². The molecule has 0 bridgehead atoms. The van der Waals surface area contributed by atoms with E-state index in [-0.39, 0.29) is 5.41 Å². The number of nitrogens with zero attached hydrogens (tertiary/aromatic N) is 1. The Morgan fingerprint density at radius 1 is 1.16 bits per heavy atom. The van der Waals surface area contributed by atoms with Crippen LogP contribution in [-0.2, 0) is 5.41 Å². The second kappa shape index (κ2) is 4.23. The van der Waals surface area contributed by atoms with Crippen molar-refractivity contribution in [3.63, 3.8) is 0 Å². The second-order valence-corrected chi connectivity index (χ2v) is 6.93. The van der Waals surface area contributed by atoms with Crippen LogP contribution in [0.1, 0.15) is 31.5 Å². The Morgan fingerprint density at radius 2 is 1.89 bits per heavy atom. The Morgan fingerprint density at radius 3 is 2.63 bits per heavy atom. The fourth-order valence-electron chi connectivity index (χ4n) is 2.17. The molecule has 4 heteroatoms. The van der Waals surface area contributed by atoms with E-state index >= 15 is 0 Å². The smallest absolute Gasteiger partial charge is 0.231 e. The van der Waals surface area contributed by atoms with Gasteiger partial charge in [-0.1, -0.05) is 20.8 Å². The summed E-state index contributed by atoms with van der Waals surface area (Å²) >= 11 is 1.73.